The Bertz CT molecular complexity index is 1440. The predicted octanol–water partition coefficient (Wildman–Crippen LogP) is 6.09. The van der Waals surface area contributed by atoms with Gasteiger partial charge in [0.2, 0.25) is 5.91 Å². The van der Waals surface area contributed by atoms with Crippen LogP contribution >= 0.6 is 23.4 Å². The fourth-order valence-electron chi connectivity index (χ4n) is 3.87. The Morgan fingerprint density at radius 3 is 2.57 bits per heavy atom. The van der Waals surface area contributed by atoms with Gasteiger partial charge in [0.25, 0.3) is 5.91 Å². The van der Waals surface area contributed by atoms with E-state index < -0.39 is 17.6 Å². The van der Waals surface area contributed by atoms with Gasteiger partial charge >= 0.3 is 0 Å². The van der Waals surface area contributed by atoms with Crippen LogP contribution in [-0.2, 0) is 9.59 Å². The molecular weight excluding hydrogens is 515 g/mol. The van der Waals surface area contributed by atoms with Crippen LogP contribution in [0.2, 0.25) is 5.02 Å². The molecule has 2 amide bonds. The van der Waals surface area contributed by atoms with Crippen molar-refractivity contribution < 1.29 is 18.4 Å². The van der Waals surface area contributed by atoms with Crippen molar-refractivity contribution in [2.24, 2.45) is 0 Å². The minimum atomic E-state index is -0.803. The van der Waals surface area contributed by atoms with Crippen LogP contribution in [0.15, 0.2) is 87.1 Å². The first-order valence-corrected chi connectivity index (χ1v) is 12.5. The summed E-state index contributed by atoms with van der Waals surface area (Å²) >= 11 is 7.28. The van der Waals surface area contributed by atoms with E-state index in [9.17, 15) is 19.2 Å². The van der Waals surface area contributed by atoms with Crippen molar-refractivity contribution in [1.82, 2.24) is 5.32 Å². The summed E-state index contributed by atoms with van der Waals surface area (Å²) < 4.78 is 18.9. The topological polar surface area (TPSA) is 107 Å². The number of hydrogen-bond donors (Lipinski definition) is 3. The summed E-state index contributed by atoms with van der Waals surface area (Å²) in [5.41, 5.74) is 2.77. The number of amides is 2. The number of hydrogen-bond acceptors (Lipinski definition) is 6. The molecule has 188 valence electrons. The number of dihydropyridines is 1. The highest BCUT2D eigenvalue weighted by molar-refractivity contribution is 8.03. The lowest BCUT2D eigenvalue weighted by molar-refractivity contribution is -0.114. The van der Waals surface area contributed by atoms with Crippen molar-refractivity contribution >= 4 is 46.6 Å². The molecule has 1 aromatic heterocycles. The number of carbonyl (C=O) groups is 2. The maximum atomic E-state index is 13.3. The number of furan rings is 1. The number of anilines is 2. The van der Waals surface area contributed by atoms with Gasteiger partial charge in [0.05, 0.1) is 40.2 Å². The lowest BCUT2D eigenvalue weighted by Crippen LogP contribution is -2.31. The average molecular weight is 537 g/mol. The normalized spacial score (nSPS) is 15.2. The molecule has 37 heavy (non-hydrogen) atoms. The smallest absolute Gasteiger partial charge is 0.254 e. The van der Waals surface area contributed by atoms with Gasteiger partial charge in [0.15, 0.2) is 0 Å². The molecule has 0 radical (unpaired) electrons. The van der Waals surface area contributed by atoms with Crippen molar-refractivity contribution in [3.8, 4) is 6.07 Å². The number of nitrogens with one attached hydrogen (secondary N) is 3. The van der Waals surface area contributed by atoms with E-state index in [0.29, 0.717) is 32.9 Å². The van der Waals surface area contributed by atoms with Gasteiger partial charge in [-0.05, 0) is 67.9 Å². The number of halogens is 2. The lowest BCUT2D eigenvalue weighted by atomic mass is 9.85. The highest BCUT2D eigenvalue weighted by Crippen LogP contribution is 2.41. The Balaban J connectivity index is 1.58. The van der Waals surface area contributed by atoms with Crippen molar-refractivity contribution in [3.63, 3.8) is 0 Å². The first kappa shape index (κ1) is 26.1. The zero-order valence-electron chi connectivity index (χ0n) is 19.9. The molecule has 2 aromatic carbocycles. The molecule has 0 spiro atoms. The van der Waals surface area contributed by atoms with Gasteiger partial charge in [0, 0.05) is 22.1 Å². The van der Waals surface area contributed by atoms with Gasteiger partial charge in [-0.15, -0.1) is 0 Å². The second kappa shape index (κ2) is 11.4. The summed E-state index contributed by atoms with van der Waals surface area (Å²) in [6.07, 6.45) is 1.46. The van der Waals surface area contributed by atoms with Gasteiger partial charge in [-0.1, -0.05) is 29.4 Å². The third-order valence-electron chi connectivity index (χ3n) is 5.71. The van der Waals surface area contributed by atoms with E-state index in [1.807, 2.05) is 6.92 Å². The number of rotatable bonds is 7. The summed E-state index contributed by atoms with van der Waals surface area (Å²) in [4.78, 5) is 26.0. The summed E-state index contributed by atoms with van der Waals surface area (Å²) in [6, 6.07) is 16.2. The quantitative estimate of drug-likeness (QED) is 0.337. The number of benzene rings is 2. The summed E-state index contributed by atoms with van der Waals surface area (Å²) in [7, 11) is 0. The molecule has 3 aromatic rings. The fraction of sp³-hybridized carbons (Fsp3) is 0.148. The molecule has 4 rings (SSSR count). The van der Waals surface area contributed by atoms with E-state index in [4.69, 9.17) is 16.0 Å². The molecule has 0 saturated heterocycles. The van der Waals surface area contributed by atoms with E-state index in [2.05, 4.69) is 22.0 Å². The Morgan fingerprint density at radius 1 is 1.14 bits per heavy atom. The molecule has 0 fully saturated rings. The van der Waals surface area contributed by atoms with Gasteiger partial charge in [-0.2, -0.15) is 5.26 Å². The van der Waals surface area contributed by atoms with E-state index in [-0.39, 0.29) is 22.8 Å². The third kappa shape index (κ3) is 5.88. The maximum absolute atomic E-state index is 13.3. The van der Waals surface area contributed by atoms with E-state index in [1.165, 1.54) is 30.5 Å². The Hall–Kier alpha value is -4.00. The molecule has 1 aliphatic rings. The van der Waals surface area contributed by atoms with Crippen LogP contribution in [0.4, 0.5) is 15.8 Å². The average Bonchev–Trinajstić information content (AvgIpc) is 3.41. The molecule has 0 bridgehead atoms. The van der Waals surface area contributed by atoms with Crippen LogP contribution in [0.5, 0.6) is 0 Å². The maximum Gasteiger partial charge on any atom is 0.254 e. The minimum absolute atomic E-state index is 0.00866. The van der Waals surface area contributed by atoms with Gasteiger partial charge in [0.1, 0.15) is 11.6 Å². The Labute approximate surface area is 222 Å². The molecule has 2 heterocycles. The highest BCUT2D eigenvalue weighted by Gasteiger charge is 2.36. The minimum Gasteiger partial charge on any atom is -0.468 e. The molecule has 1 atom stereocenters. The fourth-order valence-corrected chi connectivity index (χ4v) is 4.93. The third-order valence-corrected chi connectivity index (χ3v) is 7.14. The van der Waals surface area contributed by atoms with Crippen LogP contribution in [-0.4, -0.2) is 17.6 Å². The largest absolute Gasteiger partial charge is 0.468 e. The van der Waals surface area contributed by atoms with Crippen molar-refractivity contribution in [1.29, 1.82) is 5.26 Å². The molecule has 10 heteroatoms. The number of nitrogens with zero attached hydrogens (tertiary/aromatic N) is 1. The summed E-state index contributed by atoms with van der Waals surface area (Å²) in [5, 5.41) is 19.8. The second-order valence-electron chi connectivity index (χ2n) is 8.18. The molecule has 3 N–H and O–H groups in total. The number of carbonyl (C=O) groups excluding carboxylic acids is 2. The summed E-state index contributed by atoms with van der Waals surface area (Å²) in [5.74, 6) is -1.57. The first-order valence-electron chi connectivity index (χ1n) is 11.2. The van der Waals surface area contributed by atoms with Crippen molar-refractivity contribution in [3.05, 3.63) is 105 Å². The molecule has 0 aliphatic carbocycles. The van der Waals surface area contributed by atoms with Crippen LogP contribution in [0, 0.1) is 24.1 Å². The number of allylic oxidation sites excluding steroid dienone is 2. The molecule has 1 unspecified atom stereocenters. The first-order chi connectivity index (χ1) is 17.8. The second-order valence-corrected chi connectivity index (χ2v) is 9.57. The van der Waals surface area contributed by atoms with Crippen LogP contribution in [0.3, 0.4) is 0 Å². The lowest BCUT2D eigenvalue weighted by Gasteiger charge is -2.28. The van der Waals surface area contributed by atoms with E-state index in [0.717, 1.165) is 17.3 Å². The predicted molar refractivity (Wildman–Crippen MR) is 142 cm³/mol. The van der Waals surface area contributed by atoms with Crippen molar-refractivity contribution in [2.75, 3.05) is 16.4 Å². The summed E-state index contributed by atoms with van der Waals surface area (Å²) in [6.45, 7) is 3.52. The zero-order chi connectivity index (χ0) is 26.5. The van der Waals surface area contributed by atoms with Gasteiger partial charge in [-0.3, -0.25) is 9.59 Å². The number of nitriles is 1. The standard InChI is InChI=1S/C27H22ClFN4O3S/c1-15-20(28)5-3-6-21(15)33-23(34)14-37-27-19(13-30)25(22-7-4-12-36-22)24(16(2)31-27)26(35)32-18-10-8-17(29)9-11-18/h3-12,25,31H,14H2,1-2H3,(H,32,35)(H,33,34). The Kier molecular flexibility index (Phi) is 8.01. The molecule has 0 saturated carbocycles. The monoisotopic (exact) mass is 536 g/mol. The molecular formula is C27H22ClFN4O3S. The molecule has 1 aliphatic heterocycles. The van der Waals surface area contributed by atoms with Gasteiger partial charge in [-0.25, -0.2) is 4.39 Å². The Morgan fingerprint density at radius 2 is 1.89 bits per heavy atom. The van der Waals surface area contributed by atoms with Crippen molar-refractivity contribution in [2.45, 2.75) is 19.8 Å². The van der Waals surface area contributed by atoms with E-state index in [1.54, 1.807) is 37.3 Å². The molecule has 7 nitrogen and oxygen atoms in total. The van der Waals surface area contributed by atoms with Crippen LogP contribution < -0.4 is 16.0 Å². The SMILES string of the molecule is CC1=C(C(=O)Nc2ccc(F)cc2)C(c2ccco2)C(C#N)=C(SCC(=O)Nc2cccc(Cl)c2C)N1. The van der Waals surface area contributed by atoms with Crippen LogP contribution in [0.25, 0.3) is 0 Å². The van der Waals surface area contributed by atoms with Gasteiger partial charge < -0.3 is 20.4 Å². The van der Waals surface area contributed by atoms with Crippen LogP contribution in [0.1, 0.15) is 24.2 Å². The zero-order valence-corrected chi connectivity index (χ0v) is 21.5. The highest BCUT2D eigenvalue weighted by atomic mass is 35.5. The van der Waals surface area contributed by atoms with E-state index >= 15 is 0 Å². The number of thioether (sulfide) groups is 1.